The molecule has 1 aromatic rings. The molecule has 1 heteroatoms. The number of fused-ring (bicyclic) bond motifs is 1. The molecule has 1 aliphatic carbocycles. The van der Waals surface area contributed by atoms with Gasteiger partial charge in [0.25, 0.3) is 0 Å². The van der Waals surface area contributed by atoms with Crippen LogP contribution in [-0.4, -0.2) is 13.1 Å². The summed E-state index contributed by atoms with van der Waals surface area (Å²) in [4.78, 5) is 0. The van der Waals surface area contributed by atoms with Crippen LogP contribution in [-0.2, 0) is 11.8 Å². The fraction of sp³-hybridized carbons (Fsp3) is 0.700. The Morgan fingerprint density at radius 1 is 1.19 bits per heavy atom. The van der Waals surface area contributed by atoms with E-state index in [4.69, 9.17) is 0 Å². The average molecular weight is 287 g/mol. The molecule has 0 radical (unpaired) electrons. The van der Waals surface area contributed by atoms with Crippen LogP contribution in [0.4, 0.5) is 0 Å². The highest BCUT2D eigenvalue weighted by molar-refractivity contribution is 5.37. The molecule has 0 amide bonds. The van der Waals surface area contributed by atoms with Gasteiger partial charge in [-0.3, -0.25) is 0 Å². The predicted molar refractivity (Wildman–Crippen MR) is 92.8 cm³/mol. The van der Waals surface area contributed by atoms with Crippen molar-refractivity contribution in [1.82, 2.24) is 5.32 Å². The van der Waals surface area contributed by atoms with Gasteiger partial charge in [-0.2, -0.15) is 0 Å². The van der Waals surface area contributed by atoms with Crippen molar-refractivity contribution >= 4 is 0 Å². The summed E-state index contributed by atoms with van der Waals surface area (Å²) in [5.41, 5.74) is 3.59. The maximum atomic E-state index is 3.77. The van der Waals surface area contributed by atoms with Crippen LogP contribution in [0.15, 0.2) is 24.3 Å². The van der Waals surface area contributed by atoms with Crippen molar-refractivity contribution in [1.29, 1.82) is 0 Å². The van der Waals surface area contributed by atoms with Crippen LogP contribution >= 0.6 is 0 Å². The second-order valence-electron chi connectivity index (χ2n) is 7.53. The van der Waals surface area contributed by atoms with Crippen molar-refractivity contribution in [2.75, 3.05) is 13.1 Å². The molecule has 118 valence electrons. The van der Waals surface area contributed by atoms with E-state index in [1.54, 1.807) is 11.1 Å². The third-order valence-electron chi connectivity index (χ3n) is 5.14. The topological polar surface area (TPSA) is 12.0 Å². The first-order valence-corrected chi connectivity index (χ1v) is 8.86. The van der Waals surface area contributed by atoms with Gasteiger partial charge in [-0.1, -0.05) is 58.4 Å². The molecule has 2 unspecified atom stereocenters. The van der Waals surface area contributed by atoms with E-state index >= 15 is 0 Å². The number of aryl methyl sites for hydroxylation is 1. The standard InChI is InChI=1S/C20H33N/c1-5-17(4)13-20(15-21-14-16(2)3)12-8-10-18-9-6-7-11-19(18)20/h6-7,9,11,16-17,21H,5,8,10,12-15H2,1-4H3. The van der Waals surface area contributed by atoms with Crippen LogP contribution < -0.4 is 5.32 Å². The third-order valence-corrected chi connectivity index (χ3v) is 5.14. The fourth-order valence-electron chi connectivity index (χ4n) is 3.89. The molecule has 0 spiro atoms. The molecule has 21 heavy (non-hydrogen) atoms. The van der Waals surface area contributed by atoms with Crippen LogP contribution in [0.2, 0.25) is 0 Å². The van der Waals surface area contributed by atoms with E-state index in [0.717, 1.165) is 24.9 Å². The zero-order valence-corrected chi connectivity index (χ0v) is 14.4. The summed E-state index contributed by atoms with van der Waals surface area (Å²) >= 11 is 0. The van der Waals surface area contributed by atoms with E-state index in [2.05, 4.69) is 57.3 Å². The molecule has 1 aromatic carbocycles. The Morgan fingerprint density at radius 3 is 2.67 bits per heavy atom. The smallest absolute Gasteiger partial charge is 0.00831 e. The van der Waals surface area contributed by atoms with E-state index in [1.807, 2.05) is 0 Å². The minimum atomic E-state index is 0.360. The summed E-state index contributed by atoms with van der Waals surface area (Å²) in [5, 5.41) is 3.77. The van der Waals surface area contributed by atoms with Crippen LogP contribution in [0.3, 0.4) is 0 Å². The zero-order chi connectivity index (χ0) is 15.3. The van der Waals surface area contributed by atoms with Crippen LogP contribution in [0, 0.1) is 11.8 Å². The molecule has 2 rings (SSSR count). The van der Waals surface area contributed by atoms with Gasteiger partial charge in [0, 0.05) is 12.0 Å². The molecular formula is C20H33N. The molecular weight excluding hydrogens is 254 g/mol. The normalized spacial score (nSPS) is 23.1. The maximum absolute atomic E-state index is 3.77. The fourth-order valence-corrected chi connectivity index (χ4v) is 3.89. The first-order valence-electron chi connectivity index (χ1n) is 8.86. The van der Waals surface area contributed by atoms with Crippen molar-refractivity contribution < 1.29 is 0 Å². The Labute approximate surface area is 131 Å². The van der Waals surface area contributed by atoms with Gasteiger partial charge in [0.05, 0.1) is 0 Å². The molecule has 0 heterocycles. The van der Waals surface area contributed by atoms with E-state index < -0.39 is 0 Å². The predicted octanol–water partition coefficient (Wildman–Crippen LogP) is 4.94. The highest BCUT2D eigenvalue weighted by Crippen LogP contribution is 2.42. The Bertz CT molecular complexity index is 437. The summed E-state index contributed by atoms with van der Waals surface area (Å²) in [5.74, 6) is 1.53. The molecule has 2 atom stereocenters. The number of rotatable bonds is 7. The van der Waals surface area contributed by atoms with Crippen LogP contribution in [0.1, 0.15) is 64.5 Å². The minimum absolute atomic E-state index is 0.360. The monoisotopic (exact) mass is 287 g/mol. The SMILES string of the molecule is CCC(C)CC1(CNCC(C)C)CCCc2ccccc21. The van der Waals surface area contributed by atoms with Crippen molar-refractivity contribution in [2.24, 2.45) is 11.8 Å². The van der Waals surface area contributed by atoms with Gasteiger partial charge in [-0.15, -0.1) is 0 Å². The Balaban J connectivity index is 2.24. The lowest BCUT2D eigenvalue weighted by Crippen LogP contribution is -2.43. The number of hydrogen-bond donors (Lipinski definition) is 1. The first kappa shape index (κ1) is 16.5. The lowest BCUT2D eigenvalue weighted by Gasteiger charge is -2.41. The van der Waals surface area contributed by atoms with Gasteiger partial charge in [-0.25, -0.2) is 0 Å². The van der Waals surface area contributed by atoms with Gasteiger partial charge >= 0.3 is 0 Å². The van der Waals surface area contributed by atoms with Crippen LogP contribution in [0.25, 0.3) is 0 Å². The maximum Gasteiger partial charge on any atom is 0.00831 e. The lowest BCUT2D eigenvalue weighted by molar-refractivity contribution is 0.266. The zero-order valence-electron chi connectivity index (χ0n) is 14.4. The van der Waals surface area contributed by atoms with Gasteiger partial charge in [-0.05, 0) is 55.2 Å². The highest BCUT2D eigenvalue weighted by atomic mass is 14.9. The van der Waals surface area contributed by atoms with Crippen molar-refractivity contribution in [3.05, 3.63) is 35.4 Å². The van der Waals surface area contributed by atoms with Gasteiger partial charge in [0.15, 0.2) is 0 Å². The van der Waals surface area contributed by atoms with E-state index in [1.165, 1.54) is 32.1 Å². The Morgan fingerprint density at radius 2 is 1.95 bits per heavy atom. The van der Waals surface area contributed by atoms with Crippen molar-refractivity contribution in [2.45, 2.75) is 65.2 Å². The molecule has 0 aliphatic heterocycles. The average Bonchev–Trinajstić information content (AvgIpc) is 2.47. The van der Waals surface area contributed by atoms with Gasteiger partial charge < -0.3 is 5.32 Å². The largest absolute Gasteiger partial charge is 0.316 e. The van der Waals surface area contributed by atoms with E-state index in [0.29, 0.717) is 5.41 Å². The summed E-state index contributed by atoms with van der Waals surface area (Å²) < 4.78 is 0. The van der Waals surface area contributed by atoms with Crippen molar-refractivity contribution in [3.63, 3.8) is 0 Å². The molecule has 0 fully saturated rings. The summed E-state index contributed by atoms with van der Waals surface area (Å²) in [6.45, 7) is 11.6. The second kappa shape index (κ2) is 7.45. The number of nitrogens with one attached hydrogen (secondary N) is 1. The summed E-state index contributed by atoms with van der Waals surface area (Å²) in [6, 6.07) is 9.19. The molecule has 0 saturated carbocycles. The van der Waals surface area contributed by atoms with Crippen molar-refractivity contribution in [3.8, 4) is 0 Å². The quantitative estimate of drug-likeness (QED) is 0.749. The molecule has 0 bridgehead atoms. The Kier molecular flexibility index (Phi) is 5.87. The molecule has 0 aromatic heterocycles. The number of benzene rings is 1. The molecule has 1 nitrogen and oxygen atoms in total. The van der Waals surface area contributed by atoms with Crippen LogP contribution in [0.5, 0.6) is 0 Å². The highest BCUT2D eigenvalue weighted by Gasteiger charge is 2.36. The summed E-state index contributed by atoms with van der Waals surface area (Å²) in [7, 11) is 0. The van der Waals surface area contributed by atoms with E-state index in [9.17, 15) is 0 Å². The Hall–Kier alpha value is -0.820. The van der Waals surface area contributed by atoms with Gasteiger partial charge in [0.2, 0.25) is 0 Å². The second-order valence-corrected chi connectivity index (χ2v) is 7.53. The minimum Gasteiger partial charge on any atom is -0.316 e. The molecule has 1 aliphatic rings. The first-order chi connectivity index (χ1) is 10.1. The molecule has 0 saturated heterocycles. The summed E-state index contributed by atoms with van der Waals surface area (Å²) in [6.07, 6.45) is 6.57. The van der Waals surface area contributed by atoms with E-state index in [-0.39, 0.29) is 0 Å². The number of hydrogen-bond acceptors (Lipinski definition) is 1. The molecule has 1 N–H and O–H groups in total. The lowest BCUT2D eigenvalue weighted by atomic mass is 9.65. The van der Waals surface area contributed by atoms with Gasteiger partial charge in [0.1, 0.15) is 0 Å². The third kappa shape index (κ3) is 4.10.